The largest absolute Gasteiger partial charge is 0.352 e. The first-order chi connectivity index (χ1) is 13.3. The van der Waals surface area contributed by atoms with Crippen LogP contribution < -0.4 is 5.32 Å². The van der Waals surface area contributed by atoms with Crippen LogP contribution in [0.2, 0.25) is 0 Å². The van der Waals surface area contributed by atoms with Crippen molar-refractivity contribution in [3.8, 4) is 0 Å². The minimum absolute atomic E-state index is 0.00428. The number of carbonyl (C=O) groups is 2. The number of rotatable bonds is 5. The minimum atomic E-state index is -0.288. The third-order valence-corrected chi connectivity index (χ3v) is 5.59. The lowest BCUT2D eigenvalue weighted by Gasteiger charge is -2.31. The molecule has 1 aromatic heterocycles. The number of piperidine rings is 1. The Kier molecular flexibility index (Phi) is 6.11. The second kappa shape index (κ2) is 8.54. The maximum absolute atomic E-state index is 12.9. The van der Waals surface area contributed by atoms with Crippen LogP contribution in [0.4, 0.5) is 4.39 Å². The maximum Gasteiger partial charge on any atom is 0.227 e. The zero-order valence-electron chi connectivity index (χ0n) is 16.7. The van der Waals surface area contributed by atoms with Crippen molar-refractivity contribution in [2.75, 3.05) is 13.1 Å². The summed E-state index contributed by atoms with van der Waals surface area (Å²) in [6.45, 7) is 5.46. The molecule has 0 unspecified atom stereocenters. The number of nitrogens with one attached hydrogen (secondary N) is 1. The molecule has 6 nitrogen and oxygen atoms in total. The van der Waals surface area contributed by atoms with Gasteiger partial charge in [-0.15, -0.1) is 0 Å². The van der Waals surface area contributed by atoms with Gasteiger partial charge in [0.25, 0.3) is 0 Å². The molecule has 1 fully saturated rings. The van der Waals surface area contributed by atoms with Crippen molar-refractivity contribution in [1.82, 2.24) is 20.0 Å². The summed E-state index contributed by atoms with van der Waals surface area (Å²) in [5.41, 5.74) is 3.76. The molecule has 0 aliphatic carbocycles. The van der Waals surface area contributed by atoms with Gasteiger partial charge in [0.2, 0.25) is 11.8 Å². The Hall–Kier alpha value is -2.70. The Bertz CT molecular complexity index is 852. The standard InChI is InChI=1S/C21H27FN4O2/c1-14-19(15(2)25(3)24-14)12-20(27)26-10-8-17(9-11-26)21(28)23-13-16-4-6-18(22)7-5-16/h4-7,17H,8-13H2,1-3H3,(H,23,28). The first-order valence-electron chi connectivity index (χ1n) is 9.64. The quantitative estimate of drug-likeness (QED) is 0.857. The Morgan fingerprint density at radius 2 is 1.82 bits per heavy atom. The van der Waals surface area contributed by atoms with Gasteiger partial charge >= 0.3 is 0 Å². The van der Waals surface area contributed by atoms with Gasteiger partial charge in [0.1, 0.15) is 5.82 Å². The van der Waals surface area contributed by atoms with Crippen LogP contribution in [0.1, 0.15) is 35.4 Å². The predicted octanol–water partition coefficient (Wildman–Crippen LogP) is 2.27. The third-order valence-electron chi connectivity index (χ3n) is 5.59. The van der Waals surface area contributed by atoms with E-state index in [0.29, 0.717) is 38.9 Å². The van der Waals surface area contributed by atoms with Gasteiger partial charge in [-0.2, -0.15) is 5.10 Å². The SMILES string of the molecule is Cc1nn(C)c(C)c1CC(=O)N1CCC(C(=O)NCc2ccc(F)cc2)CC1. The highest BCUT2D eigenvalue weighted by atomic mass is 19.1. The average Bonchev–Trinajstić information content (AvgIpc) is 2.93. The summed E-state index contributed by atoms with van der Waals surface area (Å²) >= 11 is 0. The Morgan fingerprint density at radius 3 is 2.39 bits per heavy atom. The van der Waals surface area contributed by atoms with Crippen LogP contribution >= 0.6 is 0 Å². The van der Waals surface area contributed by atoms with Crippen molar-refractivity contribution in [3.63, 3.8) is 0 Å². The molecule has 7 heteroatoms. The summed E-state index contributed by atoms with van der Waals surface area (Å²) < 4.78 is 14.7. The number of aryl methyl sites for hydroxylation is 2. The van der Waals surface area contributed by atoms with E-state index in [1.807, 2.05) is 25.8 Å². The molecule has 2 amide bonds. The molecule has 0 atom stereocenters. The van der Waals surface area contributed by atoms with E-state index < -0.39 is 0 Å². The lowest BCUT2D eigenvalue weighted by molar-refractivity contribution is -0.135. The summed E-state index contributed by atoms with van der Waals surface area (Å²) in [7, 11) is 1.88. The van der Waals surface area contributed by atoms with Gasteiger partial charge in [0.15, 0.2) is 0 Å². The average molecular weight is 386 g/mol. The molecule has 1 aliphatic rings. The fraction of sp³-hybridized carbons (Fsp3) is 0.476. The normalized spacial score (nSPS) is 14.9. The number of carbonyl (C=O) groups excluding carboxylic acids is 2. The molecule has 0 radical (unpaired) electrons. The van der Waals surface area contributed by atoms with Crippen molar-refractivity contribution < 1.29 is 14.0 Å². The van der Waals surface area contributed by atoms with Crippen LogP contribution in [0.25, 0.3) is 0 Å². The third kappa shape index (κ3) is 4.58. The molecule has 28 heavy (non-hydrogen) atoms. The number of benzene rings is 1. The zero-order chi connectivity index (χ0) is 20.3. The highest BCUT2D eigenvalue weighted by Crippen LogP contribution is 2.20. The maximum atomic E-state index is 12.9. The monoisotopic (exact) mass is 386 g/mol. The van der Waals surface area contributed by atoms with Crippen LogP contribution in [0, 0.1) is 25.6 Å². The number of amides is 2. The summed E-state index contributed by atoms with van der Waals surface area (Å²) in [6, 6.07) is 6.10. The molecule has 0 saturated carbocycles. The van der Waals surface area contributed by atoms with E-state index in [1.54, 1.807) is 16.8 Å². The van der Waals surface area contributed by atoms with Gasteiger partial charge < -0.3 is 10.2 Å². The molecular formula is C21H27FN4O2. The van der Waals surface area contributed by atoms with Gasteiger partial charge in [-0.1, -0.05) is 12.1 Å². The second-order valence-corrected chi connectivity index (χ2v) is 7.45. The number of hydrogen-bond acceptors (Lipinski definition) is 3. The topological polar surface area (TPSA) is 67.2 Å². The molecule has 0 spiro atoms. The molecule has 150 valence electrons. The van der Waals surface area contributed by atoms with E-state index in [0.717, 1.165) is 22.5 Å². The number of likely N-dealkylation sites (tertiary alicyclic amines) is 1. The van der Waals surface area contributed by atoms with Gasteiger partial charge in [0.05, 0.1) is 12.1 Å². The van der Waals surface area contributed by atoms with Gasteiger partial charge in [-0.05, 0) is 44.4 Å². The first-order valence-corrected chi connectivity index (χ1v) is 9.64. The van der Waals surface area contributed by atoms with E-state index in [4.69, 9.17) is 0 Å². The summed E-state index contributed by atoms with van der Waals surface area (Å²) in [5.74, 6) is -0.296. The number of aromatic nitrogens is 2. The lowest BCUT2D eigenvalue weighted by Crippen LogP contribution is -2.43. The molecule has 1 aliphatic heterocycles. The number of hydrogen-bond donors (Lipinski definition) is 1. The number of nitrogens with zero attached hydrogens (tertiary/aromatic N) is 3. The van der Waals surface area contributed by atoms with Crippen LogP contribution in [0.3, 0.4) is 0 Å². The van der Waals surface area contributed by atoms with Gasteiger partial charge in [-0.25, -0.2) is 4.39 Å². The van der Waals surface area contributed by atoms with E-state index in [9.17, 15) is 14.0 Å². The van der Waals surface area contributed by atoms with Crippen molar-refractivity contribution in [1.29, 1.82) is 0 Å². The smallest absolute Gasteiger partial charge is 0.227 e. The molecule has 3 rings (SSSR count). The van der Waals surface area contributed by atoms with E-state index >= 15 is 0 Å². The summed E-state index contributed by atoms with van der Waals surface area (Å²) in [5, 5.41) is 7.28. The van der Waals surface area contributed by atoms with Crippen LogP contribution in [0.5, 0.6) is 0 Å². The van der Waals surface area contributed by atoms with Crippen LogP contribution in [-0.4, -0.2) is 39.6 Å². The predicted molar refractivity (Wildman–Crippen MR) is 104 cm³/mol. The van der Waals surface area contributed by atoms with Gasteiger partial charge in [0, 0.05) is 43.9 Å². The molecule has 1 saturated heterocycles. The summed E-state index contributed by atoms with van der Waals surface area (Å²) in [4.78, 5) is 26.9. The Balaban J connectivity index is 1.47. The fourth-order valence-corrected chi connectivity index (χ4v) is 3.66. The van der Waals surface area contributed by atoms with Crippen molar-refractivity contribution in [2.24, 2.45) is 13.0 Å². The number of halogens is 1. The highest BCUT2D eigenvalue weighted by molar-refractivity contribution is 5.81. The molecule has 0 bridgehead atoms. The van der Waals surface area contributed by atoms with Crippen molar-refractivity contribution in [2.45, 2.75) is 39.7 Å². The van der Waals surface area contributed by atoms with Crippen LogP contribution in [-0.2, 0) is 29.6 Å². The van der Waals surface area contributed by atoms with E-state index in [1.165, 1.54) is 12.1 Å². The van der Waals surface area contributed by atoms with Crippen LogP contribution in [0.15, 0.2) is 24.3 Å². The lowest BCUT2D eigenvalue weighted by atomic mass is 9.95. The molecule has 2 heterocycles. The Labute approximate surface area is 164 Å². The molecule has 1 aromatic carbocycles. The first kappa shape index (κ1) is 20.0. The van der Waals surface area contributed by atoms with Gasteiger partial charge in [-0.3, -0.25) is 14.3 Å². The van der Waals surface area contributed by atoms with Crippen molar-refractivity contribution >= 4 is 11.8 Å². The van der Waals surface area contributed by atoms with E-state index in [2.05, 4.69) is 10.4 Å². The fourth-order valence-electron chi connectivity index (χ4n) is 3.66. The molecule has 2 aromatic rings. The summed E-state index contributed by atoms with van der Waals surface area (Å²) in [6.07, 6.45) is 1.67. The minimum Gasteiger partial charge on any atom is -0.352 e. The molecule has 1 N–H and O–H groups in total. The zero-order valence-corrected chi connectivity index (χ0v) is 16.7. The van der Waals surface area contributed by atoms with Crippen molar-refractivity contribution in [3.05, 3.63) is 52.6 Å². The van der Waals surface area contributed by atoms with E-state index in [-0.39, 0.29) is 23.5 Å². The molecular weight excluding hydrogens is 359 g/mol. The highest BCUT2D eigenvalue weighted by Gasteiger charge is 2.28. The second-order valence-electron chi connectivity index (χ2n) is 7.45. The Morgan fingerprint density at radius 1 is 1.18 bits per heavy atom.